The third-order valence-electron chi connectivity index (χ3n) is 4.54. The van der Waals surface area contributed by atoms with Gasteiger partial charge in [0.2, 0.25) is 0 Å². The zero-order valence-electron chi connectivity index (χ0n) is 17.5. The summed E-state index contributed by atoms with van der Waals surface area (Å²) in [5, 5.41) is 11.3. The summed E-state index contributed by atoms with van der Waals surface area (Å²) in [6.07, 6.45) is 2.03. The standard InChI is InChI=1S/C20H30N6O2.HI/c1-5-21-20(24-18-7-6-12-26-19(18)23-15(3)25-26)22-13-14(2)28-17-10-8-16(27-4)9-11-17;/h8-11,14,18H,5-7,12-13H2,1-4H3,(H2,21,22,24);1H. The van der Waals surface area contributed by atoms with Crippen molar-refractivity contribution in [2.24, 2.45) is 4.99 Å². The van der Waals surface area contributed by atoms with E-state index in [4.69, 9.17) is 14.5 Å². The van der Waals surface area contributed by atoms with Gasteiger partial charge in [0.1, 0.15) is 29.3 Å². The highest BCUT2D eigenvalue weighted by molar-refractivity contribution is 14.0. The zero-order valence-corrected chi connectivity index (χ0v) is 19.8. The Morgan fingerprint density at radius 2 is 2.03 bits per heavy atom. The molecule has 2 unspecified atom stereocenters. The first kappa shape index (κ1) is 23.2. The second-order valence-electron chi connectivity index (χ2n) is 6.90. The number of hydrogen-bond donors (Lipinski definition) is 2. The second-order valence-corrected chi connectivity index (χ2v) is 6.90. The number of hydrogen-bond acceptors (Lipinski definition) is 5. The molecule has 0 saturated heterocycles. The van der Waals surface area contributed by atoms with E-state index in [0.29, 0.717) is 6.54 Å². The highest BCUT2D eigenvalue weighted by atomic mass is 127. The number of benzene rings is 1. The minimum Gasteiger partial charge on any atom is -0.497 e. The molecule has 3 rings (SSSR count). The molecule has 2 atom stereocenters. The molecule has 29 heavy (non-hydrogen) atoms. The number of methoxy groups -OCH3 is 1. The normalized spacial score (nSPS) is 17.0. The molecule has 0 saturated carbocycles. The largest absolute Gasteiger partial charge is 0.497 e. The molecule has 0 bridgehead atoms. The van der Waals surface area contributed by atoms with E-state index >= 15 is 0 Å². The number of ether oxygens (including phenoxy) is 2. The lowest BCUT2D eigenvalue weighted by Gasteiger charge is -2.25. The summed E-state index contributed by atoms with van der Waals surface area (Å²) in [5.74, 6) is 4.18. The van der Waals surface area contributed by atoms with Crippen molar-refractivity contribution < 1.29 is 9.47 Å². The van der Waals surface area contributed by atoms with Gasteiger partial charge in [0.05, 0.1) is 19.7 Å². The van der Waals surface area contributed by atoms with Gasteiger partial charge < -0.3 is 20.1 Å². The Morgan fingerprint density at radius 1 is 1.31 bits per heavy atom. The Morgan fingerprint density at radius 3 is 2.72 bits per heavy atom. The summed E-state index contributed by atoms with van der Waals surface area (Å²) in [6.45, 7) is 8.26. The van der Waals surface area contributed by atoms with Crippen LogP contribution in [0.1, 0.15) is 44.4 Å². The van der Waals surface area contributed by atoms with Crippen LogP contribution < -0.4 is 20.1 Å². The minimum atomic E-state index is -0.0545. The van der Waals surface area contributed by atoms with Crippen LogP contribution >= 0.6 is 24.0 Å². The zero-order chi connectivity index (χ0) is 19.9. The average molecular weight is 514 g/mol. The van der Waals surface area contributed by atoms with Gasteiger partial charge in [0.15, 0.2) is 5.96 Å². The molecule has 0 spiro atoms. The molecule has 1 aromatic heterocycles. The summed E-state index contributed by atoms with van der Waals surface area (Å²) in [7, 11) is 1.65. The molecule has 0 aliphatic carbocycles. The van der Waals surface area contributed by atoms with Gasteiger partial charge in [0.25, 0.3) is 0 Å². The number of guanidine groups is 1. The first-order chi connectivity index (χ1) is 13.6. The van der Waals surface area contributed by atoms with Gasteiger partial charge in [-0.05, 0) is 57.9 Å². The van der Waals surface area contributed by atoms with Crippen molar-refractivity contribution in [2.45, 2.75) is 52.3 Å². The van der Waals surface area contributed by atoms with Crippen molar-refractivity contribution in [1.29, 1.82) is 0 Å². The van der Waals surface area contributed by atoms with E-state index in [-0.39, 0.29) is 36.1 Å². The van der Waals surface area contributed by atoms with Gasteiger partial charge in [-0.25, -0.2) is 14.7 Å². The molecular weight excluding hydrogens is 483 g/mol. The number of aliphatic imine (C=N–C) groups is 1. The van der Waals surface area contributed by atoms with Crippen LogP contribution in [0, 0.1) is 6.92 Å². The average Bonchev–Trinajstić information content (AvgIpc) is 3.08. The van der Waals surface area contributed by atoms with E-state index in [1.54, 1.807) is 7.11 Å². The van der Waals surface area contributed by atoms with E-state index in [9.17, 15) is 0 Å². The van der Waals surface area contributed by atoms with Crippen molar-refractivity contribution in [2.75, 3.05) is 20.2 Å². The maximum Gasteiger partial charge on any atom is 0.191 e. The Bertz CT molecular complexity index is 793. The number of rotatable bonds is 7. The van der Waals surface area contributed by atoms with E-state index in [1.807, 2.05) is 42.8 Å². The molecule has 2 N–H and O–H groups in total. The van der Waals surface area contributed by atoms with Crippen molar-refractivity contribution in [3.05, 3.63) is 35.9 Å². The van der Waals surface area contributed by atoms with Crippen LogP contribution in [-0.2, 0) is 6.54 Å². The summed E-state index contributed by atoms with van der Waals surface area (Å²) < 4.78 is 13.1. The minimum absolute atomic E-state index is 0. The van der Waals surface area contributed by atoms with Gasteiger partial charge in [-0.15, -0.1) is 24.0 Å². The van der Waals surface area contributed by atoms with Gasteiger partial charge >= 0.3 is 0 Å². The highest BCUT2D eigenvalue weighted by Crippen LogP contribution is 2.23. The number of fused-ring (bicyclic) bond motifs is 1. The Hall–Kier alpha value is -2.04. The van der Waals surface area contributed by atoms with Gasteiger partial charge in [-0.1, -0.05) is 0 Å². The molecule has 2 aromatic rings. The maximum absolute atomic E-state index is 5.95. The molecule has 2 heterocycles. The van der Waals surface area contributed by atoms with Gasteiger partial charge in [0, 0.05) is 13.1 Å². The SMILES string of the molecule is CCNC(=NCC(C)Oc1ccc(OC)cc1)NC1CCCn2nc(C)nc21.I. The maximum atomic E-state index is 5.95. The predicted molar refractivity (Wildman–Crippen MR) is 124 cm³/mol. The van der Waals surface area contributed by atoms with Gasteiger partial charge in [-0.3, -0.25) is 0 Å². The molecule has 1 aliphatic rings. The molecule has 8 nitrogen and oxygen atoms in total. The second kappa shape index (κ2) is 11.2. The van der Waals surface area contributed by atoms with Crippen molar-refractivity contribution >= 4 is 29.9 Å². The molecular formula is C20H31IN6O2. The number of nitrogens with one attached hydrogen (secondary N) is 2. The van der Waals surface area contributed by atoms with Crippen LogP contribution in [0.5, 0.6) is 11.5 Å². The fourth-order valence-electron chi connectivity index (χ4n) is 3.23. The highest BCUT2D eigenvalue weighted by Gasteiger charge is 2.24. The molecule has 0 amide bonds. The molecule has 160 valence electrons. The number of halogens is 1. The predicted octanol–water partition coefficient (Wildman–Crippen LogP) is 3.07. The molecule has 1 aromatic carbocycles. The van der Waals surface area contributed by atoms with Crippen LogP contribution in [0.3, 0.4) is 0 Å². The van der Waals surface area contributed by atoms with Gasteiger partial charge in [-0.2, -0.15) is 5.10 Å². The summed E-state index contributed by atoms with van der Waals surface area (Å²) in [4.78, 5) is 9.29. The number of aryl methyl sites for hydroxylation is 2. The summed E-state index contributed by atoms with van der Waals surface area (Å²) >= 11 is 0. The lowest BCUT2D eigenvalue weighted by molar-refractivity contribution is 0.230. The smallest absolute Gasteiger partial charge is 0.191 e. The summed E-state index contributed by atoms with van der Waals surface area (Å²) in [5.41, 5.74) is 0. The first-order valence-electron chi connectivity index (χ1n) is 9.86. The fraction of sp³-hybridized carbons (Fsp3) is 0.550. The van der Waals surface area contributed by atoms with Crippen LogP contribution in [0.25, 0.3) is 0 Å². The Balaban J connectivity index is 0.00000300. The first-order valence-corrected chi connectivity index (χ1v) is 9.86. The van der Waals surface area contributed by atoms with E-state index in [0.717, 1.165) is 55.0 Å². The lowest BCUT2D eigenvalue weighted by atomic mass is 10.1. The third kappa shape index (κ3) is 6.48. The number of nitrogens with zero attached hydrogens (tertiary/aromatic N) is 4. The van der Waals surface area contributed by atoms with Crippen LogP contribution in [-0.4, -0.2) is 47.0 Å². The van der Waals surface area contributed by atoms with Crippen LogP contribution in [0.2, 0.25) is 0 Å². The molecule has 1 aliphatic heterocycles. The quantitative estimate of drug-likeness (QED) is 0.336. The Kier molecular flexibility index (Phi) is 8.99. The summed E-state index contributed by atoms with van der Waals surface area (Å²) in [6, 6.07) is 7.70. The molecule has 0 radical (unpaired) electrons. The lowest BCUT2D eigenvalue weighted by Crippen LogP contribution is -2.42. The van der Waals surface area contributed by atoms with Crippen LogP contribution in [0.15, 0.2) is 29.3 Å². The molecule has 0 fully saturated rings. The van der Waals surface area contributed by atoms with E-state index in [2.05, 4.69) is 27.6 Å². The number of aromatic nitrogens is 3. The van der Waals surface area contributed by atoms with E-state index < -0.39 is 0 Å². The third-order valence-corrected chi connectivity index (χ3v) is 4.54. The van der Waals surface area contributed by atoms with E-state index in [1.165, 1.54) is 0 Å². The topological polar surface area (TPSA) is 85.6 Å². The Labute approximate surface area is 189 Å². The monoisotopic (exact) mass is 514 g/mol. The van der Waals surface area contributed by atoms with Crippen molar-refractivity contribution in [3.8, 4) is 11.5 Å². The van der Waals surface area contributed by atoms with Crippen LogP contribution in [0.4, 0.5) is 0 Å². The van der Waals surface area contributed by atoms with Crippen molar-refractivity contribution in [3.63, 3.8) is 0 Å². The fourth-order valence-corrected chi connectivity index (χ4v) is 3.23. The van der Waals surface area contributed by atoms with Crippen molar-refractivity contribution in [1.82, 2.24) is 25.4 Å². The molecule has 9 heteroatoms.